The summed E-state index contributed by atoms with van der Waals surface area (Å²) in [4.78, 5) is 0. The van der Waals surface area contributed by atoms with Gasteiger partial charge in [-0.3, -0.25) is 0 Å². The highest BCUT2D eigenvalue weighted by Gasteiger charge is 2.03. The van der Waals surface area contributed by atoms with Crippen LogP contribution in [0.2, 0.25) is 0 Å². The SMILES string of the molecule is COCCOCCOCCOCCOC(OC)OC. The van der Waals surface area contributed by atoms with E-state index in [0.29, 0.717) is 52.9 Å². The van der Waals surface area contributed by atoms with Gasteiger partial charge < -0.3 is 33.2 Å². The standard InChI is InChI=1S/C12H26O7/c1-13-4-5-16-6-7-17-8-9-18-10-11-19-12(14-2)15-3/h12H,4-11H2,1-3H3. The molecule has 0 rings (SSSR count). The Hall–Kier alpha value is -0.280. The maximum absolute atomic E-state index is 5.30. The molecule has 0 saturated carbocycles. The van der Waals surface area contributed by atoms with Crippen LogP contribution in [-0.4, -0.2) is 80.7 Å². The lowest BCUT2D eigenvalue weighted by molar-refractivity contribution is -0.268. The summed E-state index contributed by atoms with van der Waals surface area (Å²) in [5.74, 6) is 0. The van der Waals surface area contributed by atoms with E-state index in [1.807, 2.05) is 0 Å². The summed E-state index contributed by atoms with van der Waals surface area (Å²) in [5, 5.41) is 0. The zero-order chi connectivity index (χ0) is 14.2. The molecule has 0 unspecified atom stereocenters. The van der Waals surface area contributed by atoms with E-state index < -0.39 is 6.48 Å². The van der Waals surface area contributed by atoms with Crippen molar-refractivity contribution in [1.29, 1.82) is 0 Å². The van der Waals surface area contributed by atoms with Crippen molar-refractivity contribution in [3.63, 3.8) is 0 Å². The van der Waals surface area contributed by atoms with Gasteiger partial charge in [-0.1, -0.05) is 0 Å². The first-order valence-corrected chi connectivity index (χ1v) is 6.24. The monoisotopic (exact) mass is 282 g/mol. The van der Waals surface area contributed by atoms with E-state index in [0.717, 1.165) is 0 Å². The molecule has 0 aromatic carbocycles. The molecule has 7 heteroatoms. The first kappa shape index (κ1) is 18.7. The predicted molar refractivity (Wildman–Crippen MR) is 68.1 cm³/mol. The largest absolute Gasteiger partial charge is 0.382 e. The van der Waals surface area contributed by atoms with E-state index in [9.17, 15) is 0 Å². The molecular formula is C12H26O7. The summed E-state index contributed by atoms with van der Waals surface area (Å²) in [7, 11) is 4.66. The second kappa shape index (κ2) is 15.8. The Morgan fingerprint density at radius 1 is 0.579 bits per heavy atom. The quantitative estimate of drug-likeness (QED) is 0.316. The van der Waals surface area contributed by atoms with E-state index in [-0.39, 0.29) is 0 Å². The highest BCUT2D eigenvalue weighted by atomic mass is 16.8. The average Bonchev–Trinajstić information content (AvgIpc) is 2.44. The number of rotatable bonds is 15. The number of methoxy groups -OCH3 is 3. The van der Waals surface area contributed by atoms with E-state index in [4.69, 9.17) is 33.2 Å². The molecule has 0 aliphatic carbocycles. The van der Waals surface area contributed by atoms with Gasteiger partial charge in [-0.15, -0.1) is 0 Å². The summed E-state index contributed by atoms with van der Waals surface area (Å²) in [6.45, 7) is 3.61. The van der Waals surface area contributed by atoms with Crippen LogP contribution in [0, 0.1) is 0 Å². The fraction of sp³-hybridized carbons (Fsp3) is 1.00. The molecule has 0 aliphatic heterocycles. The maximum Gasteiger partial charge on any atom is 0.271 e. The zero-order valence-electron chi connectivity index (χ0n) is 12.1. The predicted octanol–water partition coefficient (Wildman–Crippen LogP) is 0.276. The highest BCUT2D eigenvalue weighted by molar-refractivity contribution is 4.35. The highest BCUT2D eigenvalue weighted by Crippen LogP contribution is 1.92. The van der Waals surface area contributed by atoms with Crippen LogP contribution in [0.1, 0.15) is 0 Å². The Bertz CT molecular complexity index is 164. The van der Waals surface area contributed by atoms with Crippen molar-refractivity contribution in [3.8, 4) is 0 Å². The number of ether oxygens (including phenoxy) is 7. The van der Waals surface area contributed by atoms with Gasteiger partial charge >= 0.3 is 0 Å². The number of hydrogen-bond acceptors (Lipinski definition) is 7. The molecule has 0 N–H and O–H groups in total. The van der Waals surface area contributed by atoms with Crippen molar-refractivity contribution in [2.45, 2.75) is 6.48 Å². The van der Waals surface area contributed by atoms with Gasteiger partial charge in [0.25, 0.3) is 6.48 Å². The van der Waals surface area contributed by atoms with Gasteiger partial charge in [0, 0.05) is 21.3 Å². The van der Waals surface area contributed by atoms with Gasteiger partial charge in [0.1, 0.15) is 0 Å². The van der Waals surface area contributed by atoms with Crippen molar-refractivity contribution in [2.24, 2.45) is 0 Å². The van der Waals surface area contributed by atoms with Crippen LogP contribution in [0.15, 0.2) is 0 Å². The van der Waals surface area contributed by atoms with Gasteiger partial charge in [0.2, 0.25) is 0 Å². The van der Waals surface area contributed by atoms with Crippen LogP contribution in [0.4, 0.5) is 0 Å². The van der Waals surface area contributed by atoms with Crippen LogP contribution in [0.25, 0.3) is 0 Å². The van der Waals surface area contributed by atoms with E-state index in [1.165, 1.54) is 14.2 Å². The van der Waals surface area contributed by atoms with Crippen LogP contribution in [0.5, 0.6) is 0 Å². The molecule has 0 aromatic rings. The molecule has 0 aliphatic rings. The third kappa shape index (κ3) is 13.9. The minimum atomic E-state index is -0.635. The third-order valence-electron chi connectivity index (χ3n) is 2.04. The Labute approximate surface area is 115 Å². The van der Waals surface area contributed by atoms with Gasteiger partial charge in [-0.2, -0.15) is 0 Å². The van der Waals surface area contributed by atoms with Crippen LogP contribution >= 0.6 is 0 Å². The van der Waals surface area contributed by atoms with Gasteiger partial charge in [0.15, 0.2) is 0 Å². The van der Waals surface area contributed by atoms with Crippen LogP contribution in [-0.2, 0) is 33.2 Å². The fourth-order valence-electron chi connectivity index (χ4n) is 1.12. The normalized spacial score (nSPS) is 11.4. The molecule has 0 fully saturated rings. The topological polar surface area (TPSA) is 64.6 Å². The Morgan fingerprint density at radius 2 is 1.00 bits per heavy atom. The van der Waals surface area contributed by atoms with Gasteiger partial charge in [0.05, 0.1) is 52.9 Å². The molecular weight excluding hydrogens is 256 g/mol. The van der Waals surface area contributed by atoms with Gasteiger partial charge in [-0.25, -0.2) is 0 Å². The molecule has 7 nitrogen and oxygen atoms in total. The van der Waals surface area contributed by atoms with E-state index in [1.54, 1.807) is 7.11 Å². The van der Waals surface area contributed by atoms with Crippen molar-refractivity contribution >= 4 is 0 Å². The molecule has 0 radical (unpaired) electrons. The second-order valence-electron chi connectivity index (χ2n) is 3.46. The van der Waals surface area contributed by atoms with E-state index in [2.05, 4.69) is 0 Å². The van der Waals surface area contributed by atoms with Gasteiger partial charge in [-0.05, 0) is 0 Å². The minimum Gasteiger partial charge on any atom is -0.382 e. The summed E-state index contributed by atoms with van der Waals surface area (Å²) in [6, 6.07) is 0. The summed E-state index contributed by atoms with van der Waals surface area (Å²) < 4.78 is 35.6. The molecule has 0 amide bonds. The molecule has 116 valence electrons. The lowest BCUT2D eigenvalue weighted by atomic mass is 10.7. The summed E-state index contributed by atoms with van der Waals surface area (Å²) in [5.41, 5.74) is 0. The molecule has 0 saturated heterocycles. The van der Waals surface area contributed by atoms with Crippen molar-refractivity contribution in [2.75, 3.05) is 74.2 Å². The van der Waals surface area contributed by atoms with Crippen molar-refractivity contribution < 1.29 is 33.2 Å². The van der Waals surface area contributed by atoms with E-state index >= 15 is 0 Å². The molecule has 0 heterocycles. The molecule has 0 atom stereocenters. The lowest BCUT2D eigenvalue weighted by Gasteiger charge is -2.13. The fourth-order valence-corrected chi connectivity index (χ4v) is 1.12. The van der Waals surface area contributed by atoms with Crippen LogP contribution in [0.3, 0.4) is 0 Å². The molecule has 19 heavy (non-hydrogen) atoms. The number of hydrogen-bond donors (Lipinski definition) is 0. The average molecular weight is 282 g/mol. The summed E-state index contributed by atoms with van der Waals surface area (Å²) in [6.07, 6.45) is 0. The zero-order valence-corrected chi connectivity index (χ0v) is 12.1. The summed E-state index contributed by atoms with van der Waals surface area (Å²) >= 11 is 0. The molecule has 0 spiro atoms. The maximum atomic E-state index is 5.30. The smallest absolute Gasteiger partial charge is 0.271 e. The Morgan fingerprint density at radius 3 is 1.42 bits per heavy atom. The van der Waals surface area contributed by atoms with Crippen molar-refractivity contribution in [1.82, 2.24) is 0 Å². The Kier molecular flexibility index (Phi) is 15.5. The lowest BCUT2D eigenvalue weighted by Crippen LogP contribution is -2.20. The first-order valence-electron chi connectivity index (χ1n) is 6.24. The molecule has 0 aromatic heterocycles. The second-order valence-corrected chi connectivity index (χ2v) is 3.46. The first-order chi connectivity index (χ1) is 9.35. The molecule has 0 bridgehead atoms. The minimum absolute atomic E-state index is 0.409. The van der Waals surface area contributed by atoms with Crippen LogP contribution < -0.4 is 0 Å². The Balaban J connectivity index is 3.02. The third-order valence-corrected chi connectivity index (χ3v) is 2.04. The van der Waals surface area contributed by atoms with Crippen molar-refractivity contribution in [3.05, 3.63) is 0 Å².